The van der Waals surface area contributed by atoms with Crippen molar-refractivity contribution in [3.8, 4) is 11.1 Å². The van der Waals surface area contributed by atoms with E-state index >= 15 is 0 Å². The number of carboxylic acid groups (broad SMARTS) is 1. The Morgan fingerprint density at radius 3 is 2.45 bits per heavy atom. The van der Waals surface area contributed by atoms with Crippen molar-refractivity contribution in [1.29, 1.82) is 0 Å². The molecule has 8 heteroatoms. The van der Waals surface area contributed by atoms with Crippen LogP contribution in [0.3, 0.4) is 0 Å². The van der Waals surface area contributed by atoms with Gasteiger partial charge in [-0.1, -0.05) is 54.1 Å². The fraction of sp³-hybridized carbons (Fsp3) is 0.130. The molecule has 0 atom stereocenters. The minimum atomic E-state index is -3.96. The van der Waals surface area contributed by atoms with E-state index in [1.165, 1.54) is 10.0 Å². The third kappa shape index (κ3) is 4.33. The van der Waals surface area contributed by atoms with Crippen molar-refractivity contribution >= 4 is 38.6 Å². The average molecular weight is 455 g/mol. The third-order valence-electron chi connectivity index (χ3n) is 4.95. The molecule has 0 amide bonds. The maximum absolute atomic E-state index is 13.7. The van der Waals surface area contributed by atoms with Crippen LogP contribution in [0.25, 0.3) is 22.2 Å². The Balaban J connectivity index is 1.84. The summed E-state index contributed by atoms with van der Waals surface area (Å²) in [6.45, 7) is 0. The lowest BCUT2D eigenvalue weighted by atomic mass is 10.1. The topological polar surface area (TPSA) is 89.3 Å². The molecule has 6 nitrogen and oxygen atoms in total. The summed E-state index contributed by atoms with van der Waals surface area (Å²) in [6.07, 6.45) is 0.524. The zero-order valence-electron chi connectivity index (χ0n) is 16.4. The van der Waals surface area contributed by atoms with E-state index in [9.17, 15) is 13.2 Å². The van der Waals surface area contributed by atoms with Crippen LogP contribution in [0, 0.1) is 0 Å². The van der Waals surface area contributed by atoms with Gasteiger partial charge < -0.3 is 5.11 Å². The monoisotopic (exact) mass is 454 g/mol. The summed E-state index contributed by atoms with van der Waals surface area (Å²) in [4.78, 5) is 15.3. The Kier molecular flexibility index (Phi) is 5.80. The number of rotatable bonds is 7. The minimum absolute atomic E-state index is 0.0563. The highest BCUT2D eigenvalue weighted by Gasteiger charge is 2.24. The number of benzene rings is 2. The van der Waals surface area contributed by atoms with Crippen molar-refractivity contribution < 1.29 is 18.3 Å². The first-order valence-corrected chi connectivity index (χ1v) is 11.5. The van der Waals surface area contributed by atoms with Crippen LogP contribution in [0.2, 0.25) is 5.15 Å². The van der Waals surface area contributed by atoms with Gasteiger partial charge in [0.1, 0.15) is 5.15 Å². The number of halogens is 1. The maximum Gasteiger partial charge on any atom is 0.303 e. The maximum atomic E-state index is 13.7. The van der Waals surface area contributed by atoms with Gasteiger partial charge in [0.2, 0.25) is 0 Å². The largest absolute Gasteiger partial charge is 0.481 e. The number of aliphatic carboxylic acids is 1. The Hall–Kier alpha value is -3.16. The van der Waals surface area contributed by atoms with Crippen molar-refractivity contribution in [2.75, 3.05) is 0 Å². The average Bonchev–Trinajstić information content (AvgIpc) is 3.12. The zero-order valence-corrected chi connectivity index (χ0v) is 18.0. The molecule has 158 valence electrons. The second kappa shape index (κ2) is 8.53. The van der Waals surface area contributed by atoms with Crippen LogP contribution < -0.4 is 0 Å². The van der Waals surface area contributed by atoms with Crippen LogP contribution >= 0.6 is 11.6 Å². The summed E-state index contributed by atoms with van der Waals surface area (Å²) in [5.41, 5.74) is 3.01. The molecule has 2 aromatic carbocycles. The molecular formula is C23H19ClN2O4S. The predicted molar refractivity (Wildman–Crippen MR) is 120 cm³/mol. The van der Waals surface area contributed by atoms with Gasteiger partial charge in [-0.3, -0.25) is 4.79 Å². The Bertz CT molecular complexity index is 1370. The lowest BCUT2D eigenvalue weighted by molar-refractivity contribution is -0.137. The number of hydrogen-bond donors (Lipinski definition) is 1. The number of hydrogen-bond acceptors (Lipinski definition) is 4. The number of carboxylic acids is 1. The summed E-state index contributed by atoms with van der Waals surface area (Å²) in [5, 5.41) is 9.21. The number of fused-ring (bicyclic) bond motifs is 1. The summed E-state index contributed by atoms with van der Waals surface area (Å²) in [6, 6.07) is 21.1. The van der Waals surface area contributed by atoms with E-state index in [0.29, 0.717) is 23.1 Å². The van der Waals surface area contributed by atoms with Gasteiger partial charge in [-0.25, -0.2) is 17.4 Å². The number of aromatic nitrogens is 2. The smallest absolute Gasteiger partial charge is 0.303 e. The quantitative estimate of drug-likeness (QED) is 0.397. The van der Waals surface area contributed by atoms with E-state index in [1.807, 2.05) is 36.4 Å². The molecule has 0 aliphatic heterocycles. The SMILES string of the molecule is O=C(O)CCCc1cc2nc(Cl)ccc2n1S(=O)(=O)c1cccc(-c2ccccc2)c1. The number of carbonyl (C=O) groups is 1. The first-order valence-electron chi connectivity index (χ1n) is 9.66. The van der Waals surface area contributed by atoms with Crippen LogP contribution in [0.1, 0.15) is 18.5 Å². The van der Waals surface area contributed by atoms with E-state index in [1.54, 1.807) is 30.3 Å². The molecule has 2 aromatic heterocycles. The Morgan fingerprint density at radius 1 is 0.968 bits per heavy atom. The molecule has 0 saturated heterocycles. The van der Waals surface area contributed by atoms with Crippen LogP contribution in [0.5, 0.6) is 0 Å². The highest BCUT2D eigenvalue weighted by atomic mass is 35.5. The van der Waals surface area contributed by atoms with Gasteiger partial charge >= 0.3 is 5.97 Å². The summed E-state index contributed by atoms with van der Waals surface area (Å²) >= 11 is 6.00. The lowest BCUT2D eigenvalue weighted by Crippen LogP contribution is -2.16. The van der Waals surface area contributed by atoms with Gasteiger partial charge in [-0.15, -0.1) is 0 Å². The molecule has 0 fully saturated rings. The fourth-order valence-corrected chi connectivity index (χ4v) is 5.30. The number of aryl methyl sites for hydroxylation is 1. The van der Waals surface area contributed by atoms with Gasteiger partial charge in [0.25, 0.3) is 10.0 Å². The molecular weight excluding hydrogens is 436 g/mol. The zero-order chi connectivity index (χ0) is 22.0. The van der Waals surface area contributed by atoms with Crippen LogP contribution in [0.15, 0.2) is 77.7 Å². The Labute approximate surface area is 184 Å². The first-order chi connectivity index (χ1) is 14.9. The standard InChI is InChI=1S/C23H19ClN2O4S/c24-22-13-12-21-20(25-22)15-18(9-5-11-23(27)28)26(21)31(29,30)19-10-4-8-17(14-19)16-6-2-1-3-7-16/h1-4,6-8,10,12-15H,5,9,11H2,(H,27,28). The van der Waals surface area contributed by atoms with E-state index in [0.717, 1.165) is 11.1 Å². The van der Waals surface area contributed by atoms with Crippen LogP contribution in [-0.4, -0.2) is 28.5 Å². The molecule has 31 heavy (non-hydrogen) atoms. The predicted octanol–water partition coefficient (Wildman–Crippen LogP) is 5.00. The molecule has 0 bridgehead atoms. The molecule has 0 spiro atoms. The van der Waals surface area contributed by atoms with Crippen molar-refractivity contribution in [3.05, 3.63) is 83.6 Å². The summed E-state index contributed by atoms with van der Waals surface area (Å²) in [5.74, 6) is -0.928. The van der Waals surface area contributed by atoms with E-state index in [-0.39, 0.29) is 22.9 Å². The highest BCUT2D eigenvalue weighted by molar-refractivity contribution is 7.90. The van der Waals surface area contributed by atoms with Gasteiger partial charge in [-0.05, 0) is 54.3 Å². The normalized spacial score (nSPS) is 11.6. The molecule has 0 aliphatic carbocycles. The Morgan fingerprint density at radius 2 is 1.71 bits per heavy atom. The van der Waals surface area contributed by atoms with Crippen LogP contribution in [-0.2, 0) is 21.2 Å². The first kappa shape index (κ1) is 21.1. The van der Waals surface area contributed by atoms with E-state index in [2.05, 4.69) is 4.98 Å². The summed E-state index contributed by atoms with van der Waals surface area (Å²) < 4.78 is 28.6. The van der Waals surface area contributed by atoms with Gasteiger partial charge in [0.05, 0.1) is 15.9 Å². The molecule has 1 N–H and O–H groups in total. The number of nitrogens with zero attached hydrogens (tertiary/aromatic N) is 2. The van der Waals surface area contributed by atoms with Gasteiger partial charge in [0.15, 0.2) is 0 Å². The second-order valence-corrected chi connectivity index (χ2v) is 9.26. The van der Waals surface area contributed by atoms with Crippen LogP contribution in [0.4, 0.5) is 0 Å². The molecule has 4 aromatic rings. The number of pyridine rings is 1. The fourth-order valence-electron chi connectivity index (χ4n) is 3.54. The molecule has 0 unspecified atom stereocenters. The second-order valence-electron chi connectivity index (χ2n) is 7.08. The van der Waals surface area contributed by atoms with Crippen molar-refractivity contribution in [1.82, 2.24) is 8.96 Å². The van der Waals surface area contributed by atoms with Crippen molar-refractivity contribution in [2.45, 2.75) is 24.2 Å². The highest BCUT2D eigenvalue weighted by Crippen LogP contribution is 2.29. The van der Waals surface area contributed by atoms with Gasteiger partial charge in [0, 0.05) is 12.1 Å². The van der Waals surface area contributed by atoms with Crippen molar-refractivity contribution in [2.24, 2.45) is 0 Å². The third-order valence-corrected chi connectivity index (χ3v) is 6.93. The van der Waals surface area contributed by atoms with Crippen molar-refractivity contribution in [3.63, 3.8) is 0 Å². The summed E-state index contributed by atoms with van der Waals surface area (Å²) in [7, 11) is -3.96. The van der Waals surface area contributed by atoms with Gasteiger partial charge in [-0.2, -0.15) is 0 Å². The molecule has 0 aliphatic rings. The molecule has 2 heterocycles. The molecule has 0 saturated carbocycles. The lowest BCUT2D eigenvalue weighted by Gasteiger charge is -2.13. The molecule has 0 radical (unpaired) electrons. The van der Waals surface area contributed by atoms with E-state index < -0.39 is 16.0 Å². The molecule has 4 rings (SSSR count). The van der Waals surface area contributed by atoms with E-state index in [4.69, 9.17) is 16.7 Å². The minimum Gasteiger partial charge on any atom is -0.481 e.